The maximum atomic E-state index is 12.7. The summed E-state index contributed by atoms with van der Waals surface area (Å²) in [5.74, 6) is 1.38. The predicted molar refractivity (Wildman–Crippen MR) is 113 cm³/mol. The first-order valence-electron chi connectivity index (χ1n) is 9.35. The van der Waals surface area contributed by atoms with Gasteiger partial charge in [-0.2, -0.15) is 5.10 Å². The Morgan fingerprint density at radius 3 is 2.48 bits per heavy atom. The van der Waals surface area contributed by atoms with E-state index < -0.39 is 0 Å². The Bertz CT molecular complexity index is 1010. The number of anilines is 1. The number of nitrogens with one attached hydrogen (secondary N) is 2. The van der Waals surface area contributed by atoms with E-state index in [0.717, 1.165) is 22.6 Å². The number of aryl methyl sites for hydroxylation is 2. The summed E-state index contributed by atoms with van der Waals surface area (Å²) in [5.41, 5.74) is 4.21. The minimum Gasteiger partial charge on any atom is -0.497 e. The second-order valence-corrected chi connectivity index (χ2v) is 6.78. The molecule has 0 unspecified atom stereocenters. The van der Waals surface area contributed by atoms with Gasteiger partial charge in [-0.25, -0.2) is 9.48 Å². The van der Waals surface area contributed by atoms with Gasteiger partial charge >= 0.3 is 6.03 Å². The number of nitrogens with zero attached hydrogens (tertiary/aromatic N) is 2. The van der Waals surface area contributed by atoms with Crippen LogP contribution in [0, 0.1) is 13.8 Å². The highest BCUT2D eigenvalue weighted by atomic mass is 16.5. The van der Waals surface area contributed by atoms with Crippen LogP contribution in [0.2, 0.25) is 0 Å². The van der Waals surface area contributed by atoms with E-state index in [2.05, 4.69) is 15.7 Å². The molecule has 3 aromatic rings. The summed E-state index contributed by atoms with van der Waals surface area (Å²) in [4.78, 5) is 12.7. The molecule has 1 aromatic heterocycles. The van der Waals surface area contributed by atoms with Crippen LogP contribution in [0.25, 0.3) is 5.69 Å². The van der Waals surface area contributed by atoms with E-state index in [0.29, 0.717) is 17.2 Å². The normalized spacial score (nSPS) is 11.6. The van der Waals surface area contributed by atoms with Crippen molar-refractivity contribution >= 4 is 11.7 Å². The highest BCUT2D eigenvalue weighted by molar-refractivity contribution is 5.91. The van der Waals surface area contributed by atoms with Gasteiger partial charge in [0.05, 0.1) is 37.3 Å². The van der Waals surface area contributed by atoms with Gasteiger partial charge in [0.2, 0.25) is 0 Å². The molecule has 29 heavy (non-hydrogen) atoms. The van der Waals surface area contributed by atoms with Crippen LogP contribution < -0.4 is 20.1 Å². The molecule has 0 saturated heterocycles. The summed E-state index contributed by atoms with van der Waals surface area (Å²) < 4.78 is 12.5. The molecule has 1 heterocycles. The average molecular weight is 394 g/mol. The van der Waals surface area contributed by atoms with Gasteiger partial charge < -0.3 is 20.1 Å². The zero-order chi connectivity index (χ0) is 21.0. The number of para-hydroxylation sites is 2. The number of hydrogen-bond donors (Lipinski definition) is 2. The molecule has 7 heteroatoms. The van der Waals surface area contributed by atoms with E-state index >= 15 is 0 Å². The van der Waals surface area contributed by atoms with Crippen LogP contribution in [0.1, 0.15) is 29.9 Å². The zero-order valence-corrected chi connectivity index (χ0v) is 17.3. The van der Waals surface area contributed by atoms with Crippen molar-refractivity contribution < 1.29 is 14.3 Å². The maximum Gasteiger partial charge on any atom is 0.319 e. The van der Waals surface area contributed by atoms with E-state index in [-0.39, 0.29) is 12.1 Å². The quantitative estimate of drug-likeness (QED) is 0.650. The molecule has 0 bridgehead atoms. The van der Waals surface area contributed by atoms with E-state index in [9.17, 15) is 4.79 Å². The molecule has 152 valence electrons. The molecular weight excluding hydrogens is 368 g/mol. The number of ether oxygens (including phenoxy) is 2. The van der Waals surface area contributed by atoms with Crippen molar-refractivity contribution in [2.24, 2.45) is 0 Å². The number of carbonyl (C=O) groups excluding carboxylic acids is 1. The van der Waals surface area contributed by atoms with Crippen molar-refractivity contribution in [3.63, 3.8) is 0 Å². The lowest BCUT2D eigenvalue weighted by molar-refractivity contribution is 0.249. The number of carbonyl (C=O) groups is 1. The van der Waals surface area contributed by atoms with E-state index in [1.54, 1.807) is 14.2 Å². The van der Waals surface area contributed by atoms with Crippen LogP contribution in [-0.2, 0) is 0 Å². The molecular formula is C22H26N4O3. The lowest BCUT2D eigenvalue weighted by atomic mass is 10.1. The van der Waals surface area contributed by atoms with Crippen LogP contribution in [0.5, 0.6) is 11.5 Å². The third-order valence-corrected chi connectivity index (χ3v) is 4.64. The minimum absolute atomic E-state index is 0.291. The summed E-state index contributed by atoms with van der Waals surface area (Å²) in [6.45, 7) is 5.81. The number of methoxy groups -OCH3 is 2. The third kappa shape index (κ3) is 4.51. The van der Waals surface area contributed by atoms with Crippen molar-refractivity contribution in [3.05, 3.63) is 65.5 Å². The molecule has 0 fully saturated rings. The Morgan fingerprint density at radius 2 is 1.83 bits per heavy atom. The highest BCUT2D eigenvalue weighted by Gasteiger charge is 2.17. The van der Waals surface area contributed by atoms with Gasteiger partial charge in [-0.15, -0.1) is 0 Å². The monoisotopic (exact) mass is 394 g/mol. The lowest BCUT2D eigenvalue weighted by Gasteiger charge is -2.19. The van der Waals surface area contributed by atoms with Gasteiger partial charge in [0.25, 0.3) is 0 Å². The van der Waals surface area contributed by atoms with Crippen molar-refractivity contribution in [2.45, 2.75) is 26.8 Å². The summed E-state index contributed by atoms with van der Waals surface area (Å²) in [7, 11) is 3.20. The molecule has 0 aliphatic carbocycles. The second-order valence-electron chi connectivity index (χ2n) is 6.78. The number of urea groups is 1. The van der Waals surface area contributed by atoms with Crippen LogP contribution in [0.15, 0.2) is 48.5 Å². The fourth-order valence-electron chi connectivity index (χ4n) is 3.25. The molecule has 2 N–H and O–H groups in total. The second kappa shape index (κ2) is 8.68. The van der Waals surface area contributed by atoms with Crippen molar-refractivity contribution in [1.82, 2.24) is 15.1 Å². The predicted octanol–water partition coefficient (Wildman–Crippen LogP) is 4.39. The molecule has 0 spiro atoms. The van der Waals surface area contributed by atoms with Crippen molar-refractivity contribution in [1.29, 1.82) is 0 Å². The number of benzene rings is 2. The Labute approximate surface area is 170 Å². The maximum absolute atomic E-state index is 12.7. The van der Waals surface area contributed by atoms with Crippen LogP contribution >= 0.6 is 0 Å². The summed E-state index contributed by atoms with van der Waals surface area (Å²) >= 11 is 0. The smallest absolute Gasteiger partial charge is 0.319 e. The van der Waals surface area contributed by atoms with Crippen LogP contribution in [0.4, 0.5) is 10.5 Å². The van der Waals surface area contributed by atoms with Gasteiger partial charge in [0.15, 0.2) is 0 Å². The summed E-state index contributed by atoms with van der Waals surface area (Å²) in [6.07, 6.45) is 0. The largest absolute Gasteiger partial charge is 0.497 e. The molecule has 3 rings (SSSR count). The SMILES string of the molecule is COc1ccc(OC)c([C@@H](C)NC(=O)Nc2ccccc2-n2nc(C)cc2C)c1. The van der Waals surface area contributed by atoms with E-state index in [4.69, 9.17) is 9.47 Å². The topological polar surface area (TPSA) is 77.4 Å². The van der Waals surface area contributed by atoms with Gasteiger partial charge in [0, 0.05) is 11.3 Å². The van der Waals surface area contributed by atoms with Gasteiger partial charge in [-0.3, -0.25) is 0 Å². The number of hydrogen-bond acceptors (Lipinski definition) is 4. The van der Waals surface area contributed by atoms with E-state index in [1.807, 2.05) is 74.0 Å². The van der Waals surface area contributed by atoms with Crippen molar-refractivity contribution in [3.8, 4) is 17.2 Å². The first-order valence-corrected chi connectivity index (χ1v) is 9.35. The number of rotatable bonds is 6. The molecule has 2 amide bonds. The zero-order valence-electron chi connectivity index (χ0n) is 17.3. The van der Waals surface area contributed by atoms with Gasteiger partial charge in [-0.05, 0) is 57.2 Å². The van der Waals surface area contributed by atoms with Crippen LogP contribution in [-0.4, -0.2) is 30.0 Å². The molecule has 0 aliphatic rings. The molecule has 0 radical (unpaired) electrons. The first-order chi connectivity index (χ1) is 13.9. The summed E-state index contributed by atoms with van der Waals surface area (Å²) in [6, 6.07) is 14.4. The van der Waals surface area contributed by atoms with Crippen molar-refractivity contribution in [2.75, 3.05) is 19.5 Å². The Morgan fingerprint density at radius 1 is 1.07 bits per heavy atom. The van der Waals surface area contributed by atoms with E-state index in [1.165, 1.54) is 0 Å². The molecule has 0 saturated carbocycles. The lowest BCUT2D eigenvalue weighted by Crippen LogP contribution is -2.31. The van der Waals surface area contributed by atoms with Gasteiger partial charge in [-0.1, -0.05) is 12.1 Å². The highest BCUT2D eigenvalue weighted by Crippen LogP contribution is 2.29. The fraction of sp³-hybridized carbons (Fsp3) is 0.273. The van der Waals surface area contributed by atoms with Gasteiger partial charge in [0.1, 0.15) is 11.5 Å². The Balaban J connectivity index is 1.79. The van der Waals surface area contributed by atoms with Crippen LogP contribution in [0.3, 0.4) is 0 Å². The third-order valence-electron chi connectivity index (χ3n) is 4.64. The molecule has 7 nitrogen and oxygen atoms in total. The number of aromatic nitrogens is 2. The Kier molecular flexibility index (Phi) is 6.07. The molecule has 2 aromatic carbocycles. The fourth-order valence-corrected chi connectivity index (χ4v) is 3.25. The number of amides is 2. The average Bonchev–Trinajstić information content (AvgIpc) is 3.05. The minimum atomic E-state index is -0.323. The summed E-state index contributed by atoms with van der Waals surface area (Å²) in [5, 5.41) is 10.4. The Hall–Kier alpha value is -3.48. The standard InChI is InChI=1S/C22H26N4O3/c1-14-12-15(2)26(25-14)20-9-7-6-8-19(20)24-22(27)23-16(3)18-13-17(28-4)10-11-21(18)29-5/h6-13,16H,1-5H3,(H2,23,24,27)/t16-/m1/s1. The first kappa shape index (κ1) is 20.3. The molecule has 1 atom stereocenters. The molecule has 0 aliphatic heterocycles.